The van der Waals surface area contributed by atoms with E-state index in [-0.39, 0.29) is 0 Å². The number of nitrogens with zero attached hydrogens (tertiary/aromatic N) is 2. The number of guanidine groups is 1. The Morgan fingerprint density at radius 2 is 1.93 bits per heavy atom. The molecule has 1 aromatic carbocycles. The van der Waals surface area contributed by atoms with E-state index in [1.165, 1.54) is 6.42 Å². The fourth-order valence-electron chi connectivity index (χ4n) is 3.05. The standard InChI is InChI=1S/C21H38N4O2/c1-7-25(8-2)15-9-10-17(3)24-21(22-4)23-14-13-18-16-19(26-5)11-12-20(18)27-6/h11-12,16-17H,7-10,13-15H2,1-6H3,(H2,22,23,24). The average molecular weight is 379 g/mol. The molecule has 6 nitrogen and oxygen atoms in total. The van der Waals surface area contributed by atoms with Crippen LogP contribution >= 0.6 is 0 Å². The van der Waals surface area contributed by atoms with Crippen molar-refractivity contribution in [3.8, 4) is 11.5 Å². The minimum absolute atomic E-state index is 0.387. The van der Waals surface area contributed by atoms with Crippen molar-refractivity contribution in [1.29, 1.82) is 0 Å². The number of hydrogen-bond donors (Lipinski definition) is 2. The first-order chi connectivity index (χ1) is 13.1. The second-order valence-corrected chi connectivity index (χ2v) is 6.64. The van der Waals surface area contributed by atoms with Gasteiger partial charge in [-0.3, -0.25) is 4.99 Å². The molecule has 6 heteroatoms. The van der Waals surface area contributed by atoms with Crippen LogP contribution in [0.5, 0.6) is 11.5 Å². The molecule has 1 unspecified atom stereocenters. The van der Waals surface area contributed by atoms with Crippen molar-refractivity contribution in [2.75, 3.05) is 47.4 Å². The molecule has 2 N–H and O–H groups in total. The summed E-state index contributed by atoms with van der Waals surface area (Å²) in [5.74, 6) is 2.56. The summed E-state index contributed by atoms with van der Waals surface area (Å²) in [5.41, 5.74) is 1.12. The van der Waals surface area contributed by atoms with Crippen molar-refractivity contribution in [3.63, 3.8) is 0 Å². The van der Waals surface area contributed by atoms with Gasteiger partial charge in [-0.25, -0.2) is 0 Å². The summed E-state index contributed by atoms with van der Waals surface area (Å²) < 4.78 is 10.8. The molecule has 0 aliphatic carbocycles. The van der Waals surface area contributed by atoms with Crippen LogP contribution in [0, 0.1) is 0 Å². The minimum Gasteiger partial charge on any atom is -0.497 e. The van der Waals surface area contributed by atoms with E-state index in [0.717, 1.165) is 62.0 Å². The van der Waals surface area contributed by atoms with Gasteiger partial charge in [0.15, 0.2) is 5.96 Å². The molecule has 1 atom stereocenters. The molecule has 0 fully saturated rings. The van der Waals surface area contributed by atoms with Crippen molar-refractivity contribution >= 4 is 5.96 Å². The van der Waals surface area contributed by atoms with Gasteiger partial charge in [-0.2, -0.15) is 0 Å². The Bertz CT molecular complexity index is 559. The monoisotopic (exact) mass is 378 g/mol. The highest BCUT2D eigenvalue weighted by Crippen LogP contribution is 2.24. The normalized spacial score (nSPS) is 12.8. The zero-order valence-corrected chi connectivity index (χ0v) is 18.0. The molecule has 0 aromatic heterocycles. The molecule has 1 aromatic rings. The molecular weight excluding hydrogens is 340 g/mol. The first-order valence-corrected chi connectivity index (χ1v) is 9.98. The lowest BCUT2D eigenvalue weighted by Gasteiger charge is -2.21. The molecule has 0 saturated carbocycles. The zero-order valence-electron chi connectivity index (χ0n) is 18.0. The molecule has 1 rings (SSSR count). The number of rotatable bonds is 12. The van der Waals surface area contributed by atoms with Crippen molar-refractivity contribution in [3.05, 3.63) is 23.8 Å². The van der Waals surface area contributed by atoms with Gasteiger partial charge < -0.3 is 25.0 Å². The molecule has 0 amide bonds. The molecule has 0 spiro atoms. The van der Waals surface area contributed by atoms with Crippen LogP contribution in [0.3, 0.4) is 0 Å². The van der Waals surface area contributed by atoms with Crippen molar-refractivity contribution in [2.45, 2.75) is 46.1 Å². The van der Waals surface area contributed by atoms with E-state index in [1.807, 2.05) is 25.2 Å². The second kappa shape index (κ2) is 13.3. The lowest BCUT2D eigenvalue weighted by Crippen LogP contribution is -2.43. The van der Waals surface area contributed by atoms with Crippen LogP contribution in [0.1, 0.15) is 39.2 Å². The summed E-state index contributed by atoms with van der Waals surface area (Å²) in [7, 11) is 5.18. The number of benzene rings is 1. The number of methoxy groups -OCH3 is 2. The van der Waals surface area contributed by atoms with Crippen LogP contribution in [0.15, 0.2) is 23.2 Å². The smallest absolute Gasteiger partial charge is 0.191 e. The van der Waals surface area contributed by atoms with Gasteiger partial charge in [0, 0.05) is 19.6 Å². The SMILES string of the molecule is CCN(CC)CCCC(C)NC(=NC)NCCc1cc(OC)ccc1OC. The molecule has 27 heavy (non-hydrogen) atoms. The fourth-order valence-corrected chi connectivity index (χ4v) is 3.05. The maximum absolute atomic E-state index is 5.44. The largest absolute Gasteiger partial charge is 0.497 e. The van der Waals surface area contributed by atoms with Gasteiger partial charge in [0.25, 0.3) is 0 Å². The Morgan fingerprint density at radius 1 is 1.19 bits per heavy atom. The first-order valence-electron chi connectivity index (χ1n) is 9.98. The maximum atomic E-state index is 5.44. The van der Waals surface area contributed by atoms with E-state index in [4.69, 9.17) is 9.47 Å². The van der Waals surface area contributed by atoms with Gasteiger partial charge in [-0.05, 0) is 69.6 Å². The summed E-state index contributed by atoms with van der Waals surface area (Å²) in [5, 5.41) is 6.87. The second-order valence-electron chi connectivity index (χ2n) is 6.64. The van der Waals surface area contributed by atoms with Crippen molar-refractivity contribution < 1.29 is 9.47 Å². The van der Waals surface area contributed by atoms with Crippen LogP contribution in [0.25, 0.3) is 0 Å². The fraction of sp³-hybridized carbons (Fsp3) is 0.667. The summed E-state index contributed by atoms with van der Waals surface area (Å²) in [6, 6.07) is 6.26. The summed E-state index contributed by atoms with van der Waals surface area (Å²) in [6.07, 6.45) is 3.15. The van der Waals surface area contributed by atoms with E-state index in [1.54, 1.807) is 14.2 Å². The Hall–Kier alpha value is -1.95. The molecule has 0 aliphatic heterocycles. The third kappa shape index (κ3) is 8.52. The van der Waals surface area contributed by atoms with Gasteiger partial charge in [0.05, 0.1) is 14.2 Å². The Morgan fingerprint density at radius 3 is 2.52 bits per heavy atom. The maximum Gasteiger partial charge on any atom is 0.191 e. The molecule has 0 bridgehead atoms. The molecular formula is C21H38N4O2. The van der Waals surface area contributed by atoms with E-state index >= 15 is 0 Å². The molecule has 0 radical (unpaired) electrons. The number of nitrogens with one attached hydrogen (secondary N) is 2. The summed E-state index contributed by atoms with van der Waals surface area (Å²) in [6.45, 7) is 10.8. The predicted octanol–water partition coefficient (Wildman–Crippen LogP) is 2.92. The van der Waals surface area contributed by atoms with Crippen LogP contribution in [-0.2, 0) is 6.42 Å². The van der Waals surface area contributed by atoms with Gasteiger partial charge in [-0.15, -0.1) is 0 Å². The third-order valence-corrected chi connectivity index (χ3v) is 4.79. The highest BCUT2D eigenvalue weighted by Gasteiger charge is 2.08. The van der Waals surface area contributed by atoms with Gasteiger partial charge in [0.1, 0.15) is 11.5 Å². The van der Waals surface area contributed by atoms with Gasteiger partial charge in [0.2, 0.25) is 0 Å². The van der Waals surface area contributed by atoms with E-state index in [0.29, 0.717) is 6.04 Å². The lowest BCUT2D eigenvalue weighted by atomic mass is 10.1. The first kappa shape index (κ1) is 23.1. The Labute approximate surface area is 165 Å². The zero-order chi connectivity index (χ0) is 20.1. The average Bonchev–Trinajstić information content (AvgIpc) is 2.70. The summed E-state index contributed by atoms with van der Waals surface area (Å²) >= 11 is 0. The van der Waals surface area contributed by atoms with Gasteiger partial charge in [-0.1, -0.05) is 13.8 Å². The molecule has 0 aliphatic rings. The van der Waals surface area contributed by atoms with E-state index < -0.39 is 0 Å². The Kier molecular flexibility index (Phi) is 11.3. The third-order valence-electron chi connectivity index (χ3n) is 4.79. The van der Waals surface area contributed by atoms with Crippen molar-refractivity contribution in [2.24, 2.45) is 4.99 Å². The minimum atomic E-state index is 0.387. The Balaban J connectivity index is 2.42. The highest BCUT2D eigenvalue weighted by atomic mass is 16.5. The lowest BCUT2D eigenvalue weighted by molar-refractivity contribution is 0.292. The van der Waals surface area contributed by atoms with Gasteiger partial charge >= 0.3 is 0 Å². The topological polar surface area (TPSA) is 58.1 Å². The molecule has 154 valence electrons. The number of aliphatic imine (C=N–C) groups is 1. The van der Waals surface area contributed by atoms with Crippen LogP contribution < -0.4 is 20.1 Å². The van der Waals surface area contributed by atoms with Crippen LogP contribution in [0.4, 0.5) is 0 Å². The molecule has 0 heterocycles. The predicted molar refractivity (Wildman–Crippen MR) is 114 cm³/mol. The van der Waals surface area contributed by atoms with E-state index in [9.17, 15) is 0 Å². The summed E-state index contributed by atoms with van der Waals surface area (Å²) in [4.78, 5) is 6.80. The number of hydrogen-bond acceptors (Lipinski definition) is 4. The van der Waals surface area contributed by atoms with E-state index in [2.05, 4.69) is 41.3 Å². The van der Waals surface area contributed by atoms with Crippen molar-refractivity contribution in [1.82, 2.24) is 15.5 Å². The number of ether oxygens (including phenoxy) is 2. The van der Waals surface area contributed by atoms with Crippen LogP contribution in [-0.4, -0.2) is 64.3 Å². The molecule has 0 saturated heterocycles. The highest BCUT2D eigenvalue weighted by molar-refractivity contribution is 5.79. The quantitative estimate of drug-likeness (QED) is 0.433. The van der Waals surface area contributed by atoms with Crippen LogP contribution in [0.2, 0.25) is 0 Å².